The van der Waals surface area contributed by atoms with Crippen LogP contribution in [0.4, 0.5) is 0 Å². The molecular weight excluding hydrogens is 288 g/mol. The molecule has 3 rings (SSSR count). The first-order chi connectivity index (χ1) is 10.1. The van der Waals surface area contributed by atoms with Gasteiger partial charge in [0.15, 0.2) is 0 Å². The van der Waals surface area contributed by atoms with Crippen LogP contribution in [0.3, 0.4) is 0 Å². The number of hydrogen-bond donors (Lipinski definition) is 1. The number of imidazole rings is 1. The minimum atomic E-state index is -0.938. The molecule has 0 radical (unpaired) electrons. The smallest absolute Gasteiger partial charge is 0.335 e. The predicted molar refractivity (Wildman–Crippen MR) is 82.2 cm³/mol. The van der Waals surface area contributed by atoms with Crippen molar-refractivity contribution in [2.45, 2.75) is 32.2 Å². The van der Waals surface area contributed by atoms with Crippen LogP contribution < -0.4 is 0 Å². The molecule has 1 aliphatic carbocycles. The molecule has 5 nitrogen and oxygen atoms in total. The van der Waals surface area contributed by atoms with Crippen LogP contribution in [-0.4, -0.2) is 36.3 Å². The third-order valence-electron chi connectivity index (χ3n) is 3.83. The zero-order valence-electron chi connectivity index (χ0n) is 11.9. The molecule has 0 bridgehead atoms. The van der Waals surface area contributed by atoms with Gasteiger partial charge in [-0.25, -0.2) is 9.78 Å². The maximum Gasteiger partial charge on any atom is 0.335 e. The number of benzene rings is 1. The summed E-state index contributed by atoms with van der Waals surface area (Å²) in [7, 11) is -0.810. The van der Waals surface area contributed by atoms with Crippen LogP contribution in [0, 0.1) is 0 Å². The minimum absolute atomic E-state index is 0.256. The van der Waals surface area contributed by atoms with E-state index in [0.717, 1.165) is 29.7 Å². The second-order valence-corrected chi connectivity index (χ2v) is 7.20. The fourth-order valence-corrected chi connectivity index (χ4v) is 3.18. The SMILES string of the molecule is CCS(=O)CCn1c(C2CC2)nc2cc(C(=O)O)ccc21. The molecule has 1 heterocycles. The quantitative estimate of drug-likeness (QED) is 0.889. The van der Waals surface area contributed by atoms with Crippen LogP contribution in [-0.2, 0) is 17.3 Å². The number of rotatable bonds is 6. The Hall–Kier alpha value is -1.69. The summed E-state index contributed by atoms with van der Waals surface area (Å²) in [6.45, 7) is 2.60. The highest BCUT2D eigenvalue weighted by Crippen LogP contribution is 2.40. The first-order valence-corrected chi connectivity index (χ1v) is 8.67. The average Bonchev–Trinajstić information content (AvgIpc) is 3.26. The zero-order valence-corrected chi connectivity index (χ0v) is 12.7. The molecule has 112 valence electrons. The Kier molecular flexibility index (Phi) is 3.80. The summed E-state index contributed by atoms with van der Waals surface area (Å²) in [5.74, 6) is 1.82. The third-order valence-corrected chi connectivity index (χ3v) is 5.11. The van der Waals surface area contributed by atoms with E-state index >= 15 is 0 Å². The second-order valence-electron chi connectivity index (χ2n) is 5.34. The molecule has 0 saturated heterocycles. The average molecular weight is 306 g/mol. The Morgan fingerprint density at radius 2 is 2.24 bits per heavy atom. The largest absolute Gasteiger partial charge is 0.478 e. The normalized spacial score (nSPS) is 16.2. The fraction of sp³-hybridized carbons (Fsp3) is 0.467. The van der Waals surface area contributed by atoms with Gasteiger partial charge in [0.1, 0.15) is 5.82 Å². The van der Waals surface area contributed by atoms with Gasteiger partial charge >= 0.3 is 5.97 Å². The molecule has 1 saturated carbocycles. The van der Waals surface area contributed by atoms with Gasteiger partial charge in [-0.05, 0) is 31.0 Å². The molecule has 2 aromatic rings. The van der Waals surface area contributed by atoms with E-state index in [2.05, 4.69) is 9.55 Å². The number of carbonyl (C=O) groups is 1. The van der Waals surface area contributed by atoms with Gasteiger partial charge in [0.25, 0.3) is 0 Å². The summed E-state index contributed by atoms with van der Waals surface area (Å²) in [6, 6.07) is 5.04. The number of aromatic nitrogens is 2. The number of hydrogen-bond acceptors (Lipinski definition) is 3. The van der Waals surface area contributed by atoms with Gasteiger partial charge in [-0.15, -0.1) is 0 Å². The number of carboxylic acid groups (broad SMARTS) is 1. The summed E-state index contributed by atoms with van der Waals surface area (Å²) in [6.07, 6.45) is 2.26. The van der Waals surface area contributed by atoms with Crippen molar-refractivity contribution in [3.8, 4) is 0 Å². The monoisotopic (exact) mass is 306 g/mol. The van der Waals surface area contributed by atoms with E-state index in [0.29, 0.717) is 24.0 Å². The van der Waals surface area contributed by atoms with Crippen LogP contribution in [0.25, 0.3) is 11.0 Å². The Balaban J connectivity index is 2.01. The third kappa shape index (κ3) is 2.85. The summed E-state index contributed by atoms with van der Waals surface area (Å²) in [5.41, 5.74) is 1.92. The maximum atomic E-state index is 11.7. The van der Waals surface area contributed by atoms with Crippen LogP contribution in [0.5, 0.6) is 0 Å². The number of nitrogens with zero attached hydrogens (tertiary/aromatic N) is 2. The highest BCUT2D eigenvalue weighted by atomic mass is 32.2. The van der Waals surface area contributed by atoms with Crippen molar-refractivity contribution in [2.75, 3.05) is 11.5 Å². The Morgan fingerprint density at radius 3 is 2.86 bits per heavy atom. The van der Waals surface area contributed by atoms with Crippen LogP contribution in [0.15, 0.2) is 18.2 Å². The maximum absolute atomic E-state index is 11.7. The number of aryl methyl sites for hydroxylation is 1. The first kappa shape index (κ1) is 14.3. The molecule has 1 unspecified atom stereocenters. The van der Waals surface area contributed by atoms with Gasteiger partial charge in [0.05, 0.1) is 16.6 Å². The van der Waals surface area contributed by atoms with Crippen LogP contribution >= 0.6 is 0 Å². The molecule has 21 heavy (non-hydrogen) atoms. The topological polar surface area (TPSA) is 72.2 Å². The number of fused-ring (bicyclic) bond motifs is 1. The molecule has 1 aromatic carbocycles. The summed E-state index contributed by atoms with van der Waals surface area (Å²) >= 11 is 0. The standard InChI is InChI=1S/C15H18N2O3S/c1-2-21(20)8-7-17-13-6-5-11(15(18)19)9-12(13)16-14(17)10-3-4-10/h5-6,9-10H,2-4,7-8H2,1H3,(H,18,19). The molecule has 1 atom stereocenters. The molecule has 1 aromatic heterocycles. The van der Waals surface area contributed by atoms with Gasteiger partial charge < -0.3 is 9.67 Å². The van der Waals surface area contributed by atoms with Crippen molar-refractivity contribution >= 4 is 27.8 Å². The molecule has 0 spiro atoms. The van der Waals surface area contributed by atoms with Crippen molar-refractivity contribution in [1.29, 1.82) is 0 Å². The van der Waals surface area contributed by atoms with Crippen molar-refractivity contribution in [3.63, 3.8) is 0 Å². The van der Waals surface area contributed by atoms with Crippen molar-refractivity contribution in [1.82, 2.24) is 9.55 Å². The lowest BCUT2D eigenvalue weighted by Crippen LogP contribution is -2.11. The van der Waals surface area contributed by atoms with E-state index < -0.39 is 16.8 Å². The fourth-order valence-electron chi connectivity index (χ4n) is 2.51. The lowest BCUT2D eigenvalue weighted by molar-refractivity contribution is 0.0697. The van der Waals surface area contributed by atoms with Crippen molar-refractivity contribution < 1.29 is 14.1 Å². The Bertz CT molecular complexity index is 719. The summed E-state index contributed by atoms with van der Waals surface area (Å²) in [4.78, 5) is 15.7. The predicted octanol–water partition coefficient (Wildman–Crippen LogP) is 2.38. The van der Waals surface area contributed by atoms with Crippen molar-refractivity contribution in [3.05, 3.63) is 29.6 Å². The zero-order chi connectivity index (χ0) is 15.0. The van der Waals surface area contributed by atoms with Crippen molar-refractivity contribution in [2.24, 2.45) is 0 Å². The molecule has 1 N–H and O–H groups in total. The van der Waals surface area contributed by atoms with Gasteiger partial charge in [-0.3, -0.25) is 4.21 Å². The summed E-state index contributed by atoms with van der Waals surface area (Å²) < 4.78 is 13.8. The second kappa shape index (κ2) is 5.60. The Morgan fingerprint density at radius 1 is 1.48 bits per heavy atom. The summed E-state index contributed by atoms with van der Waals surface area (Å²) in [5, 5.41) is 9.08. The van der Waals surface area contributed by atoms with E-state index in [4.69, 9.17) is 5.11 Å². The highest BCUT2D eigenvalue weighted by molar-refractivity contribution is 7.84. The van der Waals surface area contributed by atoms with Gasteiger partial charge in [0, 0.05) is 34.8 Å². The molecular formula is C15H18N2O3S. The van der Waals surface area contributed by atoms with E-state index in [1.807, 2.05) is 13.0 Å². The molecule has 0 aliphatic heterocycles. The van der Waals surface area contributed by atoms with Gasteiger partial charge in [-0.2, -0.15) is 0 Å². The number of aromatic carboxylic acids is 1. The molecule has 1 fully saturated rings. The minimum Gasteiger partial charge on any atom is -0.478 e. The molecule has 6 heteroatoms. The van der Waals surface area contributed by atoms with Gasteiger partial charge in [0.2, 0.25) is 0 Å². The van der Waals surface area contributed by atoms with Crippen LogP contribution in [0.1, 0.15) is 41.9 Å². The molecule has 0 amide bonds. The number of carboxylic acids is 1. The molecule has 1 aliphatic rings. The first-order valence-electron chi connectivity index (χ1n) is 7.18. The Labute approximate surface area is 125 Å². The van der Waals surface area contributed by atoms with E-state index in [-0.39, 0.29) is 5.56 Å². The van der Waals surface area contributed by atoms with E-state index in [9.17, 15) is 9.00 Å². The van der Waals surface area contributed by atoms with E-state index in [1.54, 1.807) is 12.1 Å². The highest BCUT2D eigenvalue weighted by Gasteiger charge is 2.29. The lowest BCUT2D eigenvalue weighted by Gasteiger charge is -2.08. The van der Waals surface area contributed by atoms with E-state index in [1.165, 1.54) is 0 Å². The van der Waals surface area contributed by atoms with Gasteiger partial charge in [-0.1, -0.05) is 6.92 Å². The lowest BCUT2D eigenvalue weighted by atomic mass is 10.2. The van der Waals surface area contributed by atoms with Crippen LogP contribution in [0.2, 0.25) is 0 Å².